The molecule has 10 heavy (non-hydrogen) atoms. The van der Waals surface area contributed by atoms with Crippen LogP contribution in [0.1, 0.15) is 6.92 Å². The minimum absolute atomic E-state index is 0.871. The summed E-state index contributed by atoms with van der Waals surface area (Å²) in [7, 11) is -2.57. The molecule has 0 heterocycles. The first-order valence-electron chi connectivity index (χ1n) is 3.11. The molecular weight excluding hydrogens is 164 g/mol. The molecule has 0 aromatic heterocycles. The van der Waals surface area contributed by atoms with Gasteiger partial charge in [-0.15, -0.1) is 0 Å². The zero-order valence-corrected chi connectivity index (χ0v) is 8.93. The Kier molecular flexibility index (Phi) is 8.99. The van der Waals surface area contributed by atoms with Crippen LogP contribution in [0.4, 0.5) is 0 Å². The average molecular weight is 178 g/mol. The molecule has 0 aromatic carbocycles. The summed E-state index contributed by atoms with van der Waals surface area (Å²) in [5.41, 5.74) is 0. The van der Waals surface area contributed by atoms with Crippen molar-refractivity contribution in [3.8, 4) is 0 Å². The van der Waals surface area contributed by atoms with Crippen LogP contribution in [-0.2, 0) is 13.3 Å². The first kappa shape index (κ1) is 12.7. The highest BCUT2D eigenvalue weighted by molar-refractivity contribution is 6.69. The summed E-state index contributed by atoms with van der Waals surface area (Å²) in [6.07, 6.45) is 0. The van der Waals surface area contributed by atoms with Gasteiger partial charge < -0.3 is 4.43 Å². The van der Waals surface area contributed by atoms with Crippen LogP contribution in [0, 0.1) is 0 Å². The lowest BCUT2D eigenvalue weighted by atomic mass is 10.9. The van der Waals surface area contributed by atoms with Crippen molar-refractivity contribution < 1.29 is 13.3 Å². The van der Waals surface area contributed by atoms with Gasteiger partial charge in [-0.2, -0.15) is 0 Å². The Morgan fingerprint density at radius 3 is 1.60 bits per heavy atom. The fourth-order valence-electron chi connectivity index (χ4n) is 0.433. The molecule has 0 saturated carbocycles. The third kappa shape index (κ3) is 24.5. The highest BCUT2D eigenvalue weighted by atomic mass is 28.4. The third-order valence-corrected chi connectivity index (χ3v) is 1.73. The fourth-order valence-corrected chi connectivity index (χ4v) is 1.30. The predicted octanol–water partition coefficient (Wildman–Crippen LogP) is 1.24. The molecule has 0 unspecified atom stereocenters. The molecule has 3 nitrogen and oxygen atoms in total. The van der Waals surface area contributed by atoms with Crippen molar-refractivity contribution in [1.82, 2.24) is 0 Å². The summed E-state index contributed by atoms with van der Waals surface area (Å²) >= 11 is 0. The molecule has 0 aliphatic carbocycles. The van der Waals surface area contributed by atoms with E-state index in [2.05, 4.69) is 19.6 Å². The number of rotatable bonds is 2. The molecule has 0 radical (unpaired) electrons. The lowest BCUT2D eigenvalue weighted by Gasteiger charge is -2.14. The van der Waals surface area contributed by atoms with Crippen molar-refractivity contribution in [1.29, 1.82) is 0 Å². The third-order valence-electron chi connectivity index (χ3n) is 0.577. The molecule has 0 spiro atoms. The largest absolute Gasteiger partial charge is 0.549 e. The van der Waals surface area contributed by atoms with Crippen LogP contribution in [0.25, 0.3) is 0 Å². The van der Waals surface area contributed by atoms with Gasteiger partial charge in [0.05, 0.1) is 0 Å². The van der Waals surface area contributed by atoms with E-state index in [4.69, 9.17) is 13.3 Å². The van der Waals surface area contributed by atoms with Crippen molar-refractivity contribution in [3.63, 3.8) is 0 Å². The van der Waals surface area contributed by atoms with Crippen molar-refractivity contribution in [2.45, 2.75) is 26.6 Å². The van der Waals surface area contributed by atoms with Crippen LogP contribution in [-0.4, -0.2) is 24.2 Å². The van der Waals surface area contributed by atoms with Crippen LogP contribution >= 0.6 is 0 Å². The Hall–Kier alpha value is -0.00623. The van der Waals surface area contributed by atoms with E-state index >= 15 is 0 Å². The molecule has 0 aromatic rings. The minimum atomic E-state index is -1.42. The molecule has 0 bridgehead atoms. The van der Waals surface area contributed by atoms with Gasteiger partial charge in [0.15, 0.2) is 8.32 Å². The molecule has 0 fully saturated rings. The molecule has 0 aliphatic rings. The standard InChI is InChI=1S/C5H14OSi.O2Si/c1-5-6-7(2,3)4;1-3-2/h5H2,1-4H3;. The maximum atomic E-state index is 8.40. The second kappa shape index (κ2) is 7.10. The molecule has 0 saturated heterocycles. The molecular formula is C5H14O3Si2. The molecule has 0 rings (SSSR count). The van der Waals surface area contributed by atoms with Gasteiger partial charge in [-0.25, -0.2) is 0 Å². The zero-order chi connectivity index (χ0) is 8.62. The van der Waals surface area contributed by atoms with Crippen LogP contribution in [0.2, 0.25) is 19.6 Å². The SMILES string of the molecule is CCO[Si](C)(C)C.O=[Si]=O. The van der Waals surface area contributed by atoms with E-state index < -0.39 is 17.6 Å². The molecule has 0 atom stereocenters. The summed E-state index contributed by atoms with van der Waals surface area (Å²) in [5, 5.41) is 0. The van der Waals surface area contributed by atoms with Crippen LogP contribution in [0.5, 0.6) is 0 Å². The Labute approximate surface area is 64.9 Å². The van der Waals surface area contributed by atoms with Crippen LogP contribution in [0.3, 0.4) is 0 Å². The Bertz CT molecular complexity index is 102. The normalized spacial score (nSPS) is 9.20. The first-order valence-corrected chi connectivity index (χ1v) is 7.33. The lowest BCUT2D eigenvalue weighted by molar-refractivity contribution is 0.334. The summed E-state index contributed by atoms with van der Waals surface area (Å²) in [5.74, 6) is 0. The van der Waals surface area contributed by atoms with E-state index in [0.29, 0.717) is 0 Å². The molecule has 5 heteroatoms. The van der Waals surface area contributed by atoms with Crippen molar-refractivity contribution >= 4 is 17.6 Å². The van der Waals surface area contributed by atoms with E-state index in [1.807, 2.05) is 6.92 Å². The highest BCUT2D eigenvalue weighted by Crippen LogP contribution is 2.00. The van der Waals surface area contributed by atoms with Crippen LogP contribution in [0.15, 0.2) is 0 Å². The van der Waals surface area contributed by atoms with Crippen molar-refractivity contribution in [2.24, 2.45) is 0 Å². The van der Waals surface area contributed by atoms with Crippen LogP contribution < -0.4 is 0 Å². The molecule has 0 N–H and O–H groups in total. The van der Waals surface area contributed by atoms with Gasteiger partial charge in [0, 0.05) is 6.61 Å². The summed E-state index contributed by atoms with van der Waals surface area (Å²) < 4.78 is 22.2. The Morgan fingerprint density at radius 2 is 1.60 bits per heavy atom. The highest BCUT2D eigenvalue weighted by Gasteiger charge is 2.11. The van der Waals surface area contributed by atoms with E-state index in [9.17, 15) is 0 Å². The fraction of sp³-hybridized carbons (Fsp3) is 1.00. The number of hydrogen-bond donors (Lipinski definition) is 0. The predicted molar refractivity (Wildman–Crippen MR) is 42.1 cm³/mol. The van der Waals surface area contributed by atoms with E-state index in [0.717, 1.165) is 6.61 Å². The van der Waals surface area contributed by atoms with Gasteiger partial charge in [-0.1, -0.05) is 0 Å². The zero-order valence-electron chi connectivity index (χ0n) is 6.93. The monoisotopic (exact) mass is 178 g/mol. The van der Waals surface area contributed by atoms with Gasteiger partial charge in [0.2, 0.25) is 0 Å². The van der Waals surface area contributed by atoms with Gasteiger partial charge in [0.1, 0.15) is 0 Å². The maximum absolute atomic E-state index is 8.40. The maximum Gasteiger partial charge on any atom is 0.549 e. The molecule has 0 aliphatic heterocycles. The molecule has 0 amide bonds. The van der Waals surface area contributed by atoms with E-state index in [1.54, 1.807) is 0 Å². The Balaban J connectivity index is 0. The van der Waals surface area contributed by atoms with Gasteiger partial charge in [0.25, 0.3) is 0 Å². The van der Waals surface area contributed by atoms with Crippen molar-refractivity contribution in [2.75, 3.05) is 6.61 Å². The summed E-state index contributed by atoms with van der Waals surface area (Å²) in [4.78, 5) is 0. The molecule has 60 valence electrons. The lowest BCUT2D eigenvalue weighted by Crippen LogP contribution is -2.24. The topological polar surface area (TPSA) is 43.4 Å². The number of hydrogen-bond acceptors (Lipinski definition) is 3. The van der Waals surface area contributed by atoms with Gasteiger partial charge in [-0.05, 0) is 26.6 Å². The minimum Gasteiger partial charge on any atom is -0.418 e. The van der Waals surface area contributed by atoms with Gasteiger partial charge in [-0.3, -0.25) is 8.92 Å². The second-order valence-corrected chi connectivity index (χ2v) is 7.31. The Morgan fingerprint density at radius 1 is 1.30 bits per heavy atom. The van der Waals surface area contributed by atoms with E-state index in [-0.39, 0.29) is 0 Å². The first-order chi connectivity index (χ1) is 4.47. The van der Waals surface area contributed by atoms with Crippen molar-refractivity contribution in [3.05, 3.63) is 0 Å². The second-order valence-electron chi connectivity index (χ2n) is 2.63. The smallest absolute Gasteiger partial charge is 0.418 e. The quantitative estimate of drug-likeness (QED) is 0.598. The van der Waals surface area contributed by atoms with Gasteiger partial charge >= 0.3 is 9.29 Å². The summed E-state index contributed by atoms with van der Waals surface area (Å²) in [6, 6.07) is 0. The van der Waals surface area contributed by atoms with E-state index in [1.165, 1.54) is 0 Å². The average Bonchev–Trinajstić information content (AvgIpc) is 1.63. The summed E-state index contributed by atoms with van der Waals surface area (Å²) in [6.45, 7) is 9.48.